The standard InChI is InChI=1S/C64H47N/c1-63(2)59-29-16-15-28-55(59)56-38-35-53(42-60(56)63)65(52-33-30-47(31-34-52)44-18-7-3-8-19-44)54-36-39-58-57-37-32-49(46-22-11-5-12-23-46)41-61(57)64(62(58)43-54,50-25-13-6-14-26-50)51-27-17-24-48(40-51)45-20-9-4-10-21-45/h3-43H,1-2H3. The molecule has 0 heterocycles. The molecule has 10 aromatic rings. The van der Waals surface area contributed by atoms with E-state index < -0.39 is 5.41 Å². The molecule has 0 spiro atoms. The van der Waals surface area contributed by atoms with Crippen LogP contribution in [0.2, 0.25) is 0 Å². The second kappa shape index (κ2) is 15.4. The first kappa shape index (κ1) is 38.7. The van der Waals surface area contributed by atoms with Crippen molar-refractivity contribution >= 4 is 17.1 Å². The van der Waals surface area contributed by atoms with Crippen LogP contribution >= 0.6 is 0 Å². The lowest BCUT2D eigenvalue weighted by Gasteiger charge is -2.35. The number of nitrogens with zero attached hydrogens (tertiary/aromatic N) is 1. The highest BCUT2D eigenvalue weighted by atomic mass is 15.1. The van der Waals surface area contributed by atoms with Crippen molar-refractivity contribution in [2.75, 3.05) is 4.90 Å². The summed E-state index contributed by atoms with van der Waals surface area (Å²) < 4.78 is 0. The monoisotopic (exact) mass is 829 g/mol. The SMILES string of the molecule is CC1(C)c2ccccc2-c2ccc(N(c3ccc(-c4ccccc4)cc3)c3ccc4c(c3)C(c3ccccc3)(c3cccc(-c5ccccc5)c3)c3cc(-c5ccccc5)ccc3-4)cc21. The summed E-state index contributed by atoms with van der Waals surface area (Å²) in [4.78, 5) is 2.48. The quantitative estimate of drug-likeness (QED) is 0.147. The Labute approximate surface area is 382 Å². The van der Waals surface area contributed by atoms with Crippen LogP contribution < -0.4 is 4.90 Å². The molecule has 1 nitrogen and oxygen atoms in total. The molecule has 12 rings (SSSR count). The Morgan fingerprint density at radius 3 is 1.29 bits per heavy atom. The van der Waals surface area contributed by atoms with E-state index in [9.17, 15) is 0 Å². The lowest BCUT2D eigenvalue weighted by Crippen LogP contribution is -2.29. The van der Waals surface area contributed by atoms with Crippen molar-refractivity contribution in [2.24, 2.45) is 0 Å². The molecule has 1 atom stereocenters. The summed E-state index contributed by atoms with van der Waals surface area (Å²) in [5, 5.41) is 0. The van der Waals surface area contributed by atoms with Crippen LogP contribution in [0, 0.1) is 0 Å². The maximum Gasteiger partial charge on any atom is 0.0714 e. The van der Waals surface area contributed by atoms with Gasteiger partial charge < -0.3 is 4.90 Å². The Balaban J connectivity index is 1.12. The molecule has 0 saturated carbocycles. The Hall–Kier alpha value is -8.00. The molecular weight excluding hydrogens is 783 g/mol. The Kier molecular flexibility index (Phi) is 9.14. The minimum Gasteiger partial charge on any atom is -0.310 e. The average molecular weight is 830 g/mol. The number of anilines is 3. The second-order valence-electron chi connectivity index (χ2n) is 18.1. The van der Waals surface area contributed by atoms with E-state index in [0.717, 1.165) is 17.1 Å². The summed E-state index contributed by atoms with van der Waals surface area (Å²) in [6.07, 6.45) is 0. The molecule has 0 radical (unpaired) electrons. The van der Waals surface area contributed by atoms with Crippen LogP contribution in [0.5, 0.6) is 0 Å². The molecule has 10 aromatic carbocycles. The molecular formula is C64H47N. The predicted octanol–water partition coefficient (Wildman–Crippen LogP) is 16.8. The number of rotatable bonds is 8. The highest BCUT2D eigenvalue weighted by Crippen LogP contribution is 2.59. The summed E-state index contributed by atoms with van der Waals surface area (Å²) >= 11 is 0. The van der Waals surface area contributed by atoms with Crippen LogP contribution in [0.15, 0.2) is 249 Å². The van der Waals surface area contributed by atoms with Crippen LogP contribution in [0.4, 0.5) is 17.1 Å². The van der Waals surface area contributed by atoms with Crippen LogP contribution in [0.3, 0.4) is 0 Å². The topological polar surface area (TPSA) is 3.24 Å². The van der Waals surface area contributed by atoms with Crippen molar-refractivity contribution in [2.45, 2.75) is 24.7 Å². The first-order valence-electron chi connectivity index (χ1n) is 22.7. The van der Waals surface area contributed by atoms with Gasteiger partial charge in [-0.3, -0.25) is 0 Å². The molecule has 1 unspecified atom stereocenters. The molecule has 0 N–H and O–H groups in total. The minimum absolute atomic E-state index is 0.146. The minimum atomic E-state index is -0.637. The maximum absolute atomic E-state index is 2.50. The maximum atomic E-state index is 2.50. The van der Waals surface area contributed by atoms with Gasteiger partial charge in [-0.1, -0.05) is 214 Å². The van der Waals surface area contributed by atoms with E-state index in [0.29, 0.717) is 0 Å². The van der Waals surface area contributed by atoms with Gasteiger partial charge in [0.2, 0.25) is 0 Å². The van der Waals surface area contributed by atoms with Crippen LogP contribution in [0.25, 0.3) is 55.6 Å². The molecule has 0 saturated heterocycles. The van der Waals surface area contributed by atoms with E-state index >= 15 is 0 Å². The molecule has 2 aliphatic rings. The van der Waals surface area contributed by atoms with Gasteiger partial charge in [-0.15, -0.1) is 0 Å². The van der Waals surface area contributed by atoms with Gasteiger partial charge in [-0.2, -0.15) is 0 Å². The normalized spacial score (nSPS) is 15.1. The van der Waals surface area contributed by atoms with Gasteiger partial charge >= 0.3 is 0 Å². The molecule has 308 valence electrons. The Bertz CT molecular complexity index is 3370. The zero-order chi connectivity index (χ0) is 43.5. The molecule has 65 heavy (non-hydrogen) atoms. The molecule has 0 bridgehead atoms. The van der Waals surface area contributed by atoms with Crippen molar-refractivity contribution in [1.82, 2.24) is 0 Å². The van der Waals surface area contributed by atoms with Gasteiger partial charge in [-0.25, -0.2) is 0 Å². The smallest absolute Gasteiger partial charge is 0.0714 e. The van der Waals surface area contributed by atoms with Crippen LogP contribution in [0.1, 0.15) is 47.2 Å². The van der Waals surface area contributed by atoms with Crippen molar-refractivity contribution in [3.8, 4) is 55.6 Å². The number of hydrogen-bond acceptors (Lipinski definition) is 1. The Morgan fingerprint density at radius 1 is 0.262 bits per heavy atom. The summed E-state index contributed by atoms with van der Waals surface area (Å²) in [6.45, 7) is 4.74. The van der Waals surface area contributed by atoms with Crippen molar-refractivity contribution in [3.05, 3.63) is 282 Å². The van der Waals surface area contributed by atoms with Gasteiger partial charge in [0.1, 0.15) is 0 Å². The number of benzene rings is 10. The van der Waals surface area contributed by atoms with Crippen molar-refractivity contribution < 1.29 is 0 Å². The van der Waals surface area contributed by atoms with Gasteiger partial charge in [0, 0.05) is 22.5 Å². The Morgan fingerprint density at radius 2 is 0.662 bits per heavy atom. The summed E-state index contributed by atoms with van der Waals surface area (Å²) in [5.74, 6) is 0. The van der Waals surface area contributed by atoms with Crippen LogP contribution in [-0.4, -0.2) is 0 Å². The number of hydrogen-bond donors (Lipinski definition) is 0. The third kappa shape index (κ3) is 6.22. The summed E-state index contributed by atoms with van der Waals surface area (Å²) in [6, 6.07) is 92.2. The molecule has 0 amide bonds. The van der Waals surface area contributed by atoms with Crippen molar-refractivity contribution in [1.29, 1.82) is 0 Å². The van der Waals surface area contributed by atoms with E-state index in [1.807, 2.05) is 0 Å². The second-order valence-corrected chi connectivity index (χ2v) is 18.1. The fourth-order valence-electron chi connectivity index (χ4n) is 11.0. The lowest BCUT2D eigenvalue weighted by atomic mass is 9.67. The first-order chi connectivity index (χ1) is 32.0. The largest absolute Gasteiger partial charge is 0.310 e. The first-order valence-corrected chi connectivity index (χ1v) is 22.7. The molecule has 0 aromatic heterocycles. The van der Waals surface area contributed by atoms with E-state index in [1.165, 1.54) is 89.0 Å². The van der Waals surface area contributed by atoms with Gasteiger partial charge in [0.25, 0.3) is 0 Å². The van der Waals surface area contributed by atoms with E-state index in [2.05, 4.69) is 267 Å². The van der Waals surface area contributed by atoms with E-state index in [1.54, 1.807) is 0 Å². The third-order valence-electron chi connectivity index (χ3n) is 14.2. The van der Waals surface area contributed by atoms with E-state index in [-0.39, 0.29) is 5.41 Å². The fraction of sp³-hybridized carbons (Fsp3) is 0.0625. The van der Waals surface area contributed by atoms with Gasteiger partial charge in [-0.05, 0) is 138 Å². The zero-order valence-corrected chi connectivity index (χ0v) is 36.6. The van der Waals surface area contributed by atoms with Crippen LogP contribution in [-0.2, 0) is 10.8 Å². The third-order valence-corrected chi connectivity index (χ3v) is 14.2. The summed E-state index contributed by atoms with van der Waals surface area (Å²) in [5.41, 5.74) is 22.7. The predicted molar refractivity (Wildman–Crippen MR) is 272 cm³/mol. The molecule has 0 aliphatic heterocycles. The lowest BCUT2D eigenvalue weighted by molar-refractivity contribution is 0.660. The zero-order valence-electron chi connectivity index (χ0n) is 36.6. The number of fused-ring (bicyclic) bond motifs is 6. The van der Waals surface area contributed by atoms with E-state index in [4.69, 9.17) is 0 Å². The highest BCUT2D eigenvalue weighted by molar-refractivity contribution is 5.92. The summed E-state index contributed by atoms with van der Waals surface area (Å²) in [7, 11) is 0. The van der Waals surface area contributed by atoms with Gasteiger partial charge in [0.05, 0.1) is 5.41 Å². The van der Waals surface area contributed by atoms with Gasteiger partial charge in [0.15, 0.2) is 0 Å². The highest BCUT2D eigenvalue weighted by Gasteiger charge is 2.47. The van der Waals surface area contributed by atoms with Crippen molar-refractivity contribution in [3.63, 3.8) is 0 Å². The average Bonchev–Trinajstić information content (AvgIpc) is 3.80. The molecule has 2 aliphatic carbocycles. The fourth-order valence-corrected chi connectivity index (χ4v) is 11.0. The molecule has 1 heteroatoms. The molecule has 0 fully saturated rings.